The van der Waals surface area contributed by atoms with E-state index in [1.165, 1.54) is 0 Å². The number of nitrogens with two attached hydrogens (primary N) is 1. The summed E-state index contributed by atoms with van der Waals surface area (Å²) in [5.74, 6) is 0.426. The summed E-state index contributed by atoms with van der Waals surface area (Å²) in [6.45, 7) is 7.62. The Bertz CT molecular complexity index is 537. The molecule has 122 valence electrons. The second kappa shape index (κ2) is 7.66. The van der Waals surface area contributed by atoms with Crippen molar-refractivity contribution < 1.29 is 9.53 Å². The molecule has 1 aromatic carbocycles. The smallest absolute Gasteiger partial charge is 0.414 e. The largest absolute Gasteiger partial charge is 0.447 e. The number of carbonyl (C=O) groups is 1. The topological polar surface area (TPSA) is 79.9 Å². The van der Waals surface area contributed by atoms with Crippen LogP contribution < -0.4 is 16.0 Å². The first-order valence-corrected chi connectivity index (χ1v) is 6.96. The molecular weight excluding hydrogens is 395 g/mol. The van der Waals surface area contributed by atoms with Crippen molar-refractivity contribution in [3.05, 3.63) is 29.8 Å². The first-order valence-electron chi connectivity index (χ1n) is 6.96. The summed E-state index contributed by atoms with van der Waals surface area (Å²) in [5.41, 5.74) is 7.59. The second-order valence-electron chi connectivity index (χ2n) is 6.01. The van der Waals surface area contributed by atoms with Crippen LogP contribution >= 0.6 is 24.0 Å². The van der Waals surface area contributed by atoms with Crippen molar-refractivity contribution in [3.8, 4) is 0 Å². The van der Waals surface area contributed by atoms with Crippen LogP contribution in [-0.4, -0.2) is 30.7 Å². The summed E-state index contributed by atoms with van der Waals surface area (Å²) < 4.78 is 4.92. The van der Waals surface area contributed by atoms with Crippen molar-refractivity contribution in [1.82, 2.24) is 5.32 Å². The van der Waals surface area contributed by atoms with Gasteiger partial charge in [0.15, 0.2) is 5.96 Å². The molecule has 1 heterocycles. The molecule has 0 atom stereocenters. The van der Waals surface area contributed by atoms with Gasteiger partial charge in [-0.05, 0) is 38.5 Å². The molecule has 6 nitrogen and oxygen atoms in total. The third-order valence-electron chi connectivity index (χ3n) is 2.94. The molecule has 22 heavy (non-hydrogen) atoms. The lowest BCUT2D eigenvalue weighted by Gasteiger charge is -2.21. The van der Waals surface area contributed by atoms with Crippen molar-refractivity contribution in [3.63, 3.8) is 0 Å². The molecule has 0 radical (unpaired) electrons. The average molecular weight is 418 g/mol. The molecule has 1 aromatic rings. The van der Waals surface area contributed by atoms with Crippen molar-refractivity contribution >= 4 is 41.7 Å². The molecule has 0 bridgehead atoms. The highest BCUT2D eigenvalue weighted by molar-refractivity contribution is 14.0. The van der Waals surface area contributed by atoms with E-state index >= 15 is 0 Å². The Kier molecular flexibility index (Phi) is 6.46. The molecule has 1 fully saturated rings. The van der Waals surface area contributed by atoms with E-state index in [0.29, 0.717) is 25.7 Å². The van der Waals surface area contributed by atoms with Crippen LogP contribution in [0.25, 0.3) is 0 Å². The van der Waals surface area contributed by atoms with E-state index < -0.39 is 0 Å². The third-order valence-corrected chi connectivity index (χ3v) is 2.94. The number of guanidine groups is 1. The van der Waals surface area contributed by atoms with Crippen LogP contribution in [0.5, 0.6) is 0 Å². The van der Waals surface area contributed by atoms with Gasteiger partial charge in [-0.1, -0.05) is 12.1 Å². The molecule has 0 spiro atoms. The lowest BCUT2D eigenvalue weighted by Crippen LogP contribution is -2.44. The minimum atomic E-state index is -0.292. The predicted molar refractivity (Wildman–Crippen MR) is 98.8 cm³/mol. The number of ether oxygens (including phenoxy) is 1. The van der Waals surface area contributed by atoms with Gasteiger partial charge in [-0.25, -0.2) is 9.79 Å². The Balaban J connectivity index is 0.00000242. The molecule has 1 aliphatic heterocycles. The molecule has 3 N–H and O–H groups in total. The summed E-state index contributed by atoms with van der Waals surface area (Å²) in [4.78, 5) is 17.4. The van der Waals surface area contributed by atoms with Crippen LogP contribution in [-0.2, 0) is 11.3 Å². The van der Waals surface area contributed by atoms with Gasteiger partial charge in [0, 0.05) is 11.2 Å². The number of carbonyl (C=O) groups excluding carboxylic acids is 1. The van der Waals surface area contributed by atoms with Crippen LogP contribution in [0.4, 0.5) is 10.5 Å². The zero-order valence-electron chi connectivity index (χ0n) is 13.1. The fourth-order valence-corrected chi connectivity index (χ4v) is 2.01. The SMILES string of the molecule is CC(C)(C)NC(N)=NCc1ccc(N2CCOC2=O)cc1.I. The van der Waals surface area contributed by atoms with Crippen molar-refractivity contribution in [2.45, 2.75) is 32.9 Å². The Morgan fingerprint density at radius 1 is 1.36 bits per heavy atom. The Morgan fingerprint density at radius 2 is 2.00 bits per heavy atom. The van der Waals surface area contributed by atoms with Crippen LogP contribution in [0.2, 0.25) is 0 Å². The molecule has 1 saturated heterocycles. The number of halogens is 1. The maximum atomic E-state index is 11.5. The molecule has 0 saturated carbocycles. The van der Waals surface area contributed by atoms with E-state index in [1.807, 2.05) is 45.0 Å². The minimum absolute atomic E-state index is 0. The normalized spacial score (nSPS) is 15.3. The first kappa shape index (κ1) is 18.5. The summed E-state index contributed by atoms with van der Waals surface area (Å²) in [6.07, 6.45) is -0.292. The molecule has 0 aromatic heterocycles. The number of amides is 1. The van der Waals surface area contributed by atoms with Gasteiger partial charge >= 0.3 is 6.09 Å². The maximum absolute atomic E-state index is 11.5. The lowest BCUT2D eigenvalue weighted by molar-refractivity contribution is 0.181. The lowest BCUT2D eigenvalue weighted by atomic mass is 10.1. The molecule has 0 aliphatic carbocycles. The minimum Gasteiger partial charge on any atom is -0.447 e. The van der Waals surface area contributed by atoms with Crippen molar-refractivity contribution in [2.24, 2.45) is 10.7 Å². The number of nitrogens with zero attached hydrogens (tertiary/aromatic N) is 2. The monoisotopic (exact) mass is 418 g/mol. The average Bonchev–Trinajstić information content (AvgIpc) is 2.81. The highest BCUT2D eigenvalue weighted by atomic mass is 127. The Hall–Kier alpha value is -1.51. The zero-order chi connectivity index (χ0) is 15.5. The van der Waals surface area contributed by atoms with E-state index in [9.17, 15) is 4.79 Å². The van der Waals surface area contributed by atoms with Gasteiger partial charge in [-0.2, -0.15) is 0 Å². The number of hydrogen-bond donors (Lipinski definition) is 2. The molecule has 7 heteroatoms. The van der Waals surface area contributed by atoms with Crippen molar-refractivity contribution in [2.75, 3.05) is 18.1 Å². The van der Waals surface area contributed by atoms with Gasteiger partial charge in [0.2, 0.25) is 0 Å². The summed E-state index contributed by atoms with van der Waals surface area (Å²) in [5, 5.41) is 3.11. The summed E-state index contributed by atoms with van der Waals surface area (Å²) in [6, 6.07) is 7.67. The van der Waals surface area contributed by atoms with Crippen LogP contribution in [0.15, 0.2) is 29.3 Å². The first-order chi connectivity index (χ1) is 9.85. The number of hydrogen-bond acceptors (Lipinski definition) is 3. The fraction of sp³-hybridized carbons (Fsp3) is 0.467. The third kappa shape index (κ3) is 5.36. The molecule has 1 amide bonds. The van der Waals surface area contributed by atoms with Crippen LogP contribution in [0.1, 0.15) is 26.3 Å². The highest BCUT2D eigenvalue weighted by Gasteiger charge is 2.23. The number of cyclic esters (lactones) is 1. The second-order valence-corrected chi connectivity index (χ2v) is 6.01. The molecule has 1 aliphatic rings. The number of benzene rings is 1. The number of anilines is 1. The number of nitrogens with one attached hydrogen (secondary N) is 1. The van der Waals surface area contributed by atoms with Crippen molar-refractivity contribution in [1.29, 1.82) is 0 Å². The van der Waals surface area contributed by atoms with Gasteiger partial charge in [0.05, 0.1) is 13.1 Å². The Morgan fingerprint density at radius 3 is 2.50 bits per heavy atom. The van der Waals surface area contributed by atoms with Gasteiger partial charge < -0.3 is 15.8 Å². The van der Waals surface area contributed by atoms with E-state index in [-0.39, 0.29) is 35.6 Å². The summed E-state index contributed by atoms with van der Waals surface area (Å²) >= 11 is 0. The van der Waals surface area contributed by atoms with Gasteiger partial charge in [0.1, 0.15) is 6.61 Å². The van der Waals surface area contributed by atoms with Gasteiger partial charge in [-0.3, -0.25) is 4.90 Å². The van der Waals surface area contributed by atoms with Crippen LogP contribution in [0.3, 0.4) is 0 Å². The zero-order valence-corrected chi connectivity index (χ0v) is 15.5. The van der Waals surface area contributed by atoms with E-state index in [2.05, 4.69) is 10.3 Å². The standard InChI is InChI=1S/C15H22N4O2.HI/c1-15(2,3)18-13(16)17-10-11-4-6-12(7-5-11)19-8-9-21-14(19)20;/h4-7H,8-10H2,1-3H3,(H3,16,17,18);1H. The van der Waals surface area contributed by atoms with Gasteiger partial charge in [-0.15, -0.1) is 24.0 Å². The molecule has 2 rings (SSSR count). The quantitative estimate of drug-likeness (QED) is 0.449. The number of rotatable bonds is 3. The molecule has 0 unspecified atom stereocenters. The fourth-order valence-electron chi connectivity index (χ4n) is 2.01. The van der Waals surface area contributed by atoms with Crippen LogP contribution in [0, 0.1) is 0 Å². The van der Waals surface area contributed by atoms with Gasteiger partial charge in [0.25, 0.3) is 0 Å². The van der Waals surface area contributed by atoms with E-state index in [4.69, 9.17) is 10.5 Å². The Labute approximate surface area is 148 Å². The predicted octanol–water partition coefficient (Wildman–Crippen LogP) is 2.46. The highest BCUT2D eigenvalue weighted by Crippen LogP contribution is 2.19. The number of aliphatic imine (C=N–C) groups is 1. The van der Waals surface area contributed by atoms with E-state index in [1.54, 1.807) is 4.90 Å². The summed E-state index contributed by atoms with van der Waals surface area (Å²) in [7, 11) is 0. The van der Waals surface area contributed by atoms with E-state index in [0.717, 1.165) is 11.3 Å². The molecular formula is C15H23IN4O2. The maximum Gasteiger partial charge on any atom is 0.414 e.